The summed E-state index contributed by atoms with van der Waals surface area (Å²) in [6.45, 7) is 7.79. The van der Waals surface area contributed by atoms with Gasteiger partial charge in [-0.3, -0.25) is 9.79 Å². The van der Waals surface area contributed by atoms with Gasteiger partial charge in [0.25, 0.3) is 0 Å². The summed E-state index contributed by atoms with van der Waals surface area (Å²) >= 11 is 0. The minimum Gasteiger partial charge on any atom is -0.350 e. The molecule has 1 aliphatic heterocycles. The van der Waals surface area contributed by atoms with E-state index in [1.807, 2.05) is 0 Å². The Morgan fingerprint density at radius 1 is 1.19 bits per heavy atom. The molecular formula is C23H29F3N4O5S2. The van der Waals surface area contributed by atoms with E-state index >= 15 is 0 Å². The fourth-order valence-electron chi connectivity index (χ4n) is 3.32. The van der Waals surface area contributed by atoms with Gasteiger partial charge < -0.3 is 5.32 Å². The number of nitrogens with zero attached hydrogens (tertiary/aromatic N) is 2. The van der Waals surface area contributed by atoms with Gasteiger partial charge in [-0.2, -0.15) is 17.5 Å². The topological polar surface area (TPSA) is 125 Å². The zero-order chi connectivity index (χ0) is 27.9. The van der Waals surface area contributed by atoms with Crippen LogP contribution in [0.15, 0.2) is 69.6 Å². The van der Waals surface area contributed by atoms with Crippen LogP contribution >= 0.6 is 0 Å². The highest BCUT2D eigenvalue weighted by molar-refractivity contribution is 7.92. The van der Waals surface area contributed by atoms with Gasteiger partial charge in [0.2, 0.25) is 26.0 Å². The lowest BCUT2D eigenvalue weighted by atomic mass is 10.1. The first-order valence-electron chi connectivity index (χ1n) is 11.1. The quantitative estimate of drug-likeness (QED) is 0.299. The highest BCUT2D eigenvalue weighted by Gasteiger charge is 2.33. The summed E-state index contributed by atoms with van der Waals surface area (Å²) in [5.74, 6) is -0.615. The second-order valence-corrected chi connectivity index (χ2v) is 12.0. The van der Waals surface area contributed by atoms with Gasteiger partial charge in [-0.1, -0.05) is 24.8 Å². The Kier molecular flexibility index (Phi) is 10.4. The number of hydrogen-bond donors (Lipinski definition) is 2. The van der Waals surface area contributed by atoms with Gasteiger partial charge in [-0.05, 0) is 49.8 Å². The number of alkyl halides is 3. The average Bonchev–Trinajstić information content (AvgIpc) is 3.33. The maximum atomic E-state index is 12.9. The van der Waals surface area contributed by atoms with Crippen LogP contribution in [-0.2, 0) is 31.3 Å². The minimum absolute atomic E-state index is 0.0388. The van der Waals surface area contributed by atoms with Crippen molar-refractivity contribution in [1.29, 1.82) is 0 Å². The van der Waals surface area contributed by atoms with E-state index in [9.17, 15) is 34.8 Å². The van der Waals surface area contributed by atoms with Crippen molar-refractivity contribution in [3.8, 4) is 0 Å². The van der Waals surface area contributed by atoms with Gasteiger partial charge in [0.15, 0.2) is 0 Å². The van der Waals surface area contributed by atoms with Gasteiger partial charge in [0.1, 0.15) is 0 Å². The van der Waals surface area contributed by atoms with E-state index in [1.165, 1.54) is 28.6 Å². The number of sulfonamides is 2. The van der Waals surface area contributed by atoms with Crippen LogP contribution in [0.2, 0.25) is 0 Å². The number of hydrogen-bond acceptors (Lipinski definition) is 6. The molecule has 14 heteroatoms. The fraction of sp³-hybridized carbons (Fsp3) is 0.391. The van der Waals surface area contributed by atoms with E-state index < -0.39 is 37.7 Å². The van der Waals surface area contributed by atoms with E-state index in [-0.39, 0.29) is 49.1 Å². The third-order valence-corrected chi connectivity index (χ3v) is 8.50. The van der Waals surface area contributed by atoms with E-state index in [0.29, 0.717) is 12.0 Å². The lowest BCUT2D eigenvalue weighted by Crippen LogP contribution is -2.32. The van der Waals surface area contributed by atoms with Gasteiger partial charge >= 0.3 is 6.18 Å². The summed E-state index contributed by atoms with van der Waals surface area (Å²) in [5.41, 5.74) is -0.157. The highest BCUT2D eigenvalue weighted by Crippen LogP contribution is 2.25. The number of rotatable bonds is 12. The molecule has 0 saturated carbocycles. The predicted molar refractivity (Wildman–Crippen MR) is 135 cm³/mol. The van der Waals surface area contributed by atoms with Crippen LogP contribution in [0.25, 0.3) is 0 Å². The second kappa shape index (κ2) is 12.6. The maximum Gasteiger partial charge on any atom is 0.412 e. The third kappa shape index (κ3) is 9.22. The van der Waals surface area contributed by atoms with E-state index in [4.69, 9.17) is 0 Å². The van der Waals surface area contributed by atoms with Gasteiger partial charge in [-0.15, -0.1) is 0 Å². The molecule has 204 valence electrons. The molecule has 0 aromatic heterocycles. The number of benzene rings is 1. The minimum atomic E-state index is -4.46. The van der Waals surface area contributed by atoms with E-state index in [0.717, 1.165) is 24.5 Å². The molecule has 1 atom stereocenters. The molecule has 2 N–H and O–H groups in total. The molecule has 1 amide bonds. The normalized spacial score (nSPS) is 18.0. The lowest BCUT2D eigenvalue weighted by Gasteiger charge is -2.17. The number of allylic oxidation sites excluding steroid dienone is 3. The molecule has 0 aliphatic carbocycles. The summed E-state index contributed by atoms with van der Waals surface area (Å²) in [4.78, 5) is 15.9. The van der Waals surface area contributed by atoms with E-state index in [2.05, 4.69) is 28.3 Å². The SMILES string of the molecule is C=CS(=O)(=O)NC[C@H]1CCN(S(=O)(=O)c2ccc(CC(=O)NC/C(=C/C=C(\C)C(F)(F)F)N=C)cc2)C1. The summed E-state index contributed by atoms with van der Waals surface area (Å²) in [7, 11) is -7.39. The van der Waals surface area contributed by atoms with Crippen LogP contribution in [0.3, 0.4) is 0 Å². The maximum absolute atomic E-state index is 12.9. The summed E-state index contributed by atoms with van der Waals surface area (Å²) < 4.78 is 90.3. The van der Waals surface area contributed by atoms with Crippen molar-refractivity contribution in [3.63, 3.8) is 0 Å². The van der Waals surface area contributed by atoms with Gasteiger partial charge in [0, 0.05) is 30.6 Å². The van der Waals surface area contributed by atoms with Crippen molar-refractivity contribution >= 4 is 32.7 Å². The Hall–Kier alpha value is -2.81. The predicted octanol–water partition coefficient (Wildman–Crippen LogP) is 2.51. The van der Waals surface area contributed by atoms with Crippen LogP contribution in [-0.4, -0.2) is 66.1 Å². The van der Waals surface area contributed by atoms with Crippen molar-refractivity contribution in [1.82, 2.24) is 14.3 Å². The van der Waals surface area contributed by atoms with Crippen molar-refractivity contribution < 1.29 is 34.8 Å². The monoisotopic (exact) mass is 562 g/mol. The molecule has 1 aromatic rings. The smallest absolute Gasteiger partial charge is 0.350 e. The lowest BCUT2D eigenvalue weighted by molar-refractivity contribution is -0.120. The second-order valence-electron chi connectivity index (χ2n) is 8.34. The molecule has 1 heterocycles. The molecule has 1 aromatic carbocycles. The zero-order valence-corrected chi connectivity index (χ0v) is 21.8. The van der Waals surface area contributed by atoms with Crippen LogP contribution in [0.5, 0.6) is 0 Å². The van der Waals surface area contributed by atoms with Gasteiger partial charge in [0.05, 0.1) is 23.6 Å². The Labute approximate surface area is 214 Å². The molecule has 1 aliphatic rings. The van der Waals surface area contributed by atoms with Crippen molar-refractivity contribution in [2.75, 3.05) is 26.2 Å². The van der Waals surface area contributed by atoms with Crippen molar-refractivity contribution in [2.45, 2.75) is 30.8 Å². The molecule has 9 nitrogen and oxygen atoms in total. The number of carbonyl (C=O) groups excluding carboxylic acids is 1. The van der Waals surface area contributed by atoms with Gasteiger partial charge in [-0.25, -0.2) is 21.6 Å². The van der Waals surface area contributed by atoms with E-state index in [1.54, 1.807) is 0 Å². The first kappa shape index (κ1) is 30.4. The number of nitrogens with one attached hydrogen (secondary N) is 2. The molecule has 1 fully saturated rings. The summed E-state index contributed by atoms with van der Waals surface area (Å²) in [5, 5.41) is 3.33. The third-order valence-electron chi connectivity index (χ3n) is 5.61. The van der Waals surface area contributed by atoms with Crippen molar-refractivity contribution in [2.24, 2.45) is 10.9 Å². The van der Waals surface area contributed by atoms with Crippen LogP contribution < -0.4 is 10.0 Å². The molecule has 0 unspecified atom stereocenters. The zero-order valence-electron chi connectivity index (χ0n) is 20.2. The molecule has 2 rings (SSSR count). The number of aliphatic imine (C=N–C) groups is 1. The molecule has 37 heavy (non-hydrogen) atoms. The molecule has 0 radical (unpaired) electrons. The van der Waals surface area contributed by atoms with Crippen LogP contribution in [0.4, 0.5) is 13.2 Å². The Morgan fingerprint density at radius 3 is 2.41 bits per heavy atom. The average molecular weight is 563 g/mol. The fourth-order valence-corrected chi connectivity index (χ4v) is 5.44. The largest absolute Gasteiger partial charge is 0.412 e. The number of carbonyl (C=O) groups is 1. The first-order valence-corrected chi connectivity index (χ1v) is 14.1. The Morgan fingerprint density at radius 2 is 1.84 bits per heavy atom. The number of halogens is 3. The van der Waals surface area contributed by atoms with Crippen molar-refractivity contribution in [3.05, 3.63) is 65.2 Å². The van der Waals surface area contributed by atoms with Crippen LogP contribution in [0, 0.1) is 5.92 Å². The molecule has 0 bridgehead atoms. The molecule has 1 saturated heterocycles. The Bertz CT molecular complexity index is 1270. The molecular weight excluding hydrogens is 533 g/mol. The number of amides is 1. The Balaban J connectivity index is 1.94. The van der Waals surface area contributed by atoms with Crippen LogP contribution in [0.1, 0.15) is 18.9 Å². The molecule has 0 spiro atoms. The highest BCUT2D eigenvalue weighted by atomic mass is 32.2. The summed E-state index contributed by atoms with van der Waals surface area (Å²) in [6.07, 6.45) is -2.09. The summed E-state index contributed by atoms with van der Waals surface area (Å²) in [6, 6.07) is 5.76. The standard InChI is InChI=1S/C23H29F3N4O5S2/c1-4-36(32,33)29-14-19-11-12-30(16-19)37(34,35)21-9-6-18(7-10-21)13-22(31)28-15-20(27-3)8-5-17(2)23(24,25)26/h4-10,19,29H,1,3,11-16H2,2H3,(H,28,31)/b17-5+,20-8-/t19-/m1/s1. The first-order chi connectivity index (χ1) is 17.2.